The predicted molar refractivity (Wildman–Crippen MR) is 102 cm³/mol. The first-order valence-electron chi connectivity index (χ1n) is 8.59. The van der Waals surface area contributed by atoms with Gasteiger partial charge >= 0.3 is 11.9 Å². The summed E-state index contributed by atoms with van der Waals surface area (Å²) in [6.07, 6.45) is 0. The molecule has 1 fully saturated rings. The number of nitrogens with one attached hydrogen (secondary N) is 1. The van der Waals surface area contributed by atoms with E-state index in [-0.39, 0.29) is 11.3 Å². The highest BCUT2D eigenvalue weighted by molar-refractivity contribution is 7.09. The normalized spacial score (nSPS) is 15.6. The Balaban J connectivity index is 0.000000527. The van der Waals surface area contributed by atoms with Crippen molar-refractivity contribution < 1.29 is 24.6 Å². The van der Waals surface area contributed by atoms with Crippen LogP contribution in [0, 0.1) is 0 Å². The minimum Gasteiger partial charge on any atom is -0.473 e. The van der Waals surface area contributed by atoms with Crippen molar-refractivity contribution in [3.05, 3.63) is 16.1 Å². The van der Waals surface area contributed by atoms with Crippen molar-refractivity contribution in [2.24, 2.45) is 0 Å². The minimum atomic E-state index is -1.82. The van der Waals surface area contributed by atoms with Crippen LogP contribution in [0.2, 0.25) is 0 Å². The van der Waals surface area contributed by atoms with Crippen molar-refractivity contribution in [1.29, 1.82) is 0 Å². The smallest absolute Gasteiger partial charge is 0.414 e. The Morgan fingerprint density at radius 1 is 1.11 bits per heavy atom. The number of carbonyl (C=O) groups excluding carboxylic acids is 1. The number of carboxylic acid groups (broad SMARTS) is 2. The van der Waals surface area contributed by atoms with Crippen LogP contribution in [0.25, 0.3) is 0 Å². The second-order valence-electron chi connectivity index (χ2n) is 7.21. The van der Waals surface area contributed by atoms with Gasteiger partial charge < -0.3 is 15.5 Å². The lowest BCUT2D eigenvalue weighted by Gasteiger charge is -2.33. The third-order valence-corrected chi connectivity index (χ3v) is 4.81. The highest BCUT2D eigenvalue weighted by Gasteiger charge is 2.21. The maximum atomic E-state index is 11.4. The summed E-state index contributed by atoms with van der Waals surface area (Å²) in [6.45, 7) is 11.9. The molecule has 10 heteroatoms. The monoisotopic (exact) mass is 400 g/mol. The van der Waals surface area contributed by atoms with Gasteiger partial charge in [0.15, 0.2) is 0 Å². The van der Waals surface area contributed by atoms with Gasteiger partial charge in [-0.1, -0.05) is 20.8 Å². The van der Waals surface area contributed by atoms with E-state index in [9.17, 15) is 4.79 Å². The molecule has 1 aromatic rings. The van der Waals surface area contributed by atoms with Crippen LogP contribution >= 0.6 is 11.3 Å². The molecule has 1 amide bonds. The molecule has 2 heterocycles. The number of piperazine rings is 1. The number of aromatic nitrogens is 1. The van der Waals surface area contributed by atoms with Crippen molar-refractivity contribution in [2.75, 3.05) is 39.8 Å². The molecule has 0 aromatic carbocycles. The number of hydrogen-bond acceptors (Lipinski definition) is 7. The topological polar surface area (TPSA) is 123 Å². The molecule has 3 N–H and O–H groups in total. The van der Waals surface area contributed by atoms with Crippen molar-refractivity contribution in [3.8, 4) is 0 Å². The molecule has 0 spiro atoms. The van der Waals surface area contributed by atoms with Crippen LogP contribution in [0.1, 0.15) is 31.5 Å². The van der Waals surface area contributed by atoms with Crippen LogP contribution in [0.4, 0.5) is 0 Å². The van der Waals surface area contributed by atoms with Gasteiger partial charge in [-0.05, 0) is 0 Å². The number of amides is 1. The van der Waals surface area contributed by atoms with Gasteiger partial charge in [0.2, 0.25) is 5.91 Å². The highest BCUT2D eigenvalue weighted by Crippen LogP contribution is 2.24. The number of hydrogen-bond donors (Lipinski definition) is 3. The van der Waals surface area contributed by atoms with Crippen molar-refractivity contribution >= 4 is 29.2 Å². The molecule has 0 radical (unpaired) electrons. The first-order valence-corrected chi connectivity index (χ1v) is 9.47. The lowest BCUT2D eigenvalue weighted by atomic mass is 9.93. The third kappa shape index (κ3) is 8.46. The van der Waals surface area contributed by atoms with E-state index in [0.717, 1.165) is 32.7 Å². The van der Waals surface area contributed by atoms with E-state index in [1.165, 1.54) is 10.7 Å². The van der Waals surface area contributed by atoms with Gasteiger partial charge in [0.25, 0.3) is 0 Å². The molecule has 0 atom stereocenters. The van der Waals surface area contributed by atoms with Crippen LogP contribution in [-0.4, -0.2) is 82.6 Å². The number of aliphatic carboxylic acids is 2. The van der Waals surface area contributed by atoms with E-state index < -0.39 is 11.9 Å². The molecule has 152 valence electrons. The van der Waals surface area contributed by atoms with Crippen LogP contribution in [-0.2, 0) is 26.3 Å². The van der Waals surface area contributed by atoms with Crippen molar-refractivity contribution in [3.63, 3.8) is 0 Å². The Hall–Kier alpha value is -2.04. The number of nitrogens with zero attached hydrogens (tertiary/aromatic N) is 3. The standard InChI is InChI=1S/C15H26N4OS.C2H2O4/c1-15(2,3)12-11-21-14(17-12)10-19-7-5-18(6-8-19)9-13(20)16-4;3-1(4)2(5)6/h11H,5-10H2,1-4H3,(H,16,20);(H,3,4)(H,5,6). The van der Waals surface area contributed by atoms with E-state index in [1.54, 1.807) is 18.4 Å². The van der Waals surface area contributed by atoms with Gasteiger partial charge in [0.05, 0.1) is 18.8 Å². The summed E-state index contributed by atoms with van der Waals surface area (Å²) in [6, 6.07) is 0. The summed E-state index contributed by atoms with van der Waals surface area (Å²) < 4.78 is 0. The van der Waals surface area contributed by atoms with Gasteiger partial charge in [-0.2, -0.15) is 0 Å². The summed E-state index contributed by atoms with van der Waals surface area (Å²) in [5, 5.41) is 20.8. The molecule has 1 aromatic heterocycles. The van der Waals surface area contributed by atoms with Gasteiger partial charge in [-0.3, -0.25) is 14.6 Å². The van der Waals surface area contributed by atoms with E-state index in [1.807, 2.05) is 0 Å². The largest absolute Gasteiger partial charge is 0.473 e. The molecule has 1 aliphatic rings. The molecule has 0 saturated carbocycles. The second kappa shape index (κ2) is 10.3. The van der Waals surface area contributed by atoms with Crippen molar-refractivity contribution in [2.45, 2.75) is 32.7 Å². The maximum Gasteiger partial charge on any atom is 0.414 e. The van der Waals surface area contributed by atoms with E-state index >= 15 is 0 Å². The molecule has 9 nitrogen and oxygen atoms in total. The van der Waals surface area contributed by atoms with E-state index in [2.05, 4.69) is 41.3 Å². The van der Waals surface area contributed by atoms with Crippen molar-refractivity contribution in [1.82, 2.24) is 20.1 Å². The van der Waals surface area contributed by atoms with Crippen LogP contribution in [0.15, 0.2) is 5.38 Å². The predicted octanol–water partition coefficient (Wildman–Crippen LogP) is 0.460. The molecule has 1 saturated heterocycles. The molecule has 2 rings (SSSR count). The average Bonchev–Trinajstić information content (AvgIpc) is 3.06. The summed E-state index contributed by atoms with van der Waals surface area (Å²) in [4.78, 5) is 39.0. The number of thiazole rings is 1. The highest BCUT2D eigenvalue weighted by atomic mass is 32.1. The Morgan fingerprint density at radius 2 is 1.63 bits per heavy atom. The molecule has 27 heavy (non-hydrogen) atoms. The minimum absolute atomic E-state index is 0.0955. The fourth-order valence-electron chi connectivity index (χ4n) is 2.31. The zero-order valence-corrected chi connectivity index (χ0v) is 17.0. The second-order valence-corrected chi connectivity index (χ2v) is 8.15. The van der Waals surface area contributed by atoms with E-state index in [0.29, 0.717) is 6.54 Å². The molecule has 0 aliphatic carbocycles. The SMILES string of the molecule is CNC(=O)CN1CCN(Cc2nc(C(C)(C)C)cs2)CC1.O=C(O)C(=O)O. The fourth-order valence-corrected chi connectivity index (χ4v) is 3.37. The summed E-state index contributed by atoms with van der Waals surface area (Å²) in [5.74, 6) is -3.55. The summed E-state index contributed by atoms with van der Waals surface area (Å²) in [5.41, 5.74) is 1.31. The maximum absolute atomic E-state index is 11.4. The third-order valence-electron chi connectivity index (χ3n) is 3.97. The number of carbonyl (C=O) groups is 3. The van der Waals surface area contributed by atoms with Gasteiger partial charge in [0, 0.05) is 44.0 Å². The number of rotatable bonds is 4. The summed E-state index contributed by atoms with van der Waals surface area (Å²) >= 11 is 1.75. The molecular formula is C17H28N4O5S. The van der Waals surface area contributed by atoms with Crippen LogP contribution in [0.5, 0.6) is 0 Å². The number of carboxylic acids is 2. The zero-order chi connectivity index (χ0) is 20.6. The first-order chi connectivity index (χ1) is 12.5. The lowest BCUT2D eigenvalue weighted by molar-refractivity contribution is -0.159. The lowest BCUT2D eigenvalue weighted by Crippen LogP contribution is -2.48. The zero-order valence-electron chi connectivity index (χ0n) is 16.2. The average molecular weight is 401 g/mol. The van der Waals surface area contributed by atoms with E-state index in [4.69, 9.17) is 24.8 Å². The summed E-state index contributed by atoms with van der Waals surface area (Å²) in [7, 11) is 1.69. The van der Waals surface area contributed by atoms with Gasteiger partial charge in [-0.25, -0.2) is 14.6 Å². The molecule has 0 bridgehead atoms. The van der Waals surface area contributed by atoms with Crippen LogP contribution < -0.4 is 5.32 Å². The Bertz CT molecular complexity index is 636. The number of likely N-dealkylation sites (N-methyl/N-ethyl adjacent to an activating group) is 1. The fraction of sp³-hybridized carbons (Fsp3) is 0.647. The van der Waals surface area contributed by atoms with Gasteiger partial charge in [0.1, 0.15) is 5.01 Å². The van der Waals surface area contributed by atoms with Gasteiger partial charge in [-0.15, -0.1) is 11.3 Å². The first kappa shape index (κ1) is 23.0. The molecule has 1 aliphatic heterocycles. The molecular weight excluding hydrogens is 372 g/mol. The molecule has 0 unspecified atom stereocenters. The van der Waals surface area contributed by atoms with Crippen LogP contribution in [0.3, 0.4) is 0 Å². The quantitative estimate of drug-likeness (QED) is 0.623. The Morgan fingerprint density at radius 3 is 2.04 bits per heavy atom. The Labute approximate surface area is 163 Å². The Kier molecular flexibility index (Phi) is 8.80.